The van der Waals surface area contributed by atoms with Crippen molar-refractivity contribution in [2.75, 3.05) is 6.79 Å². The summed E-state index contributed by atoms with van der Waals surface area (Å²) in [7, 11) is 0. The predicted octanol–water partition coefficient (Wildman–Crippen LogP) is 1.55. The fourth-order valence-corrected chi connectivity index (χ4v) is 4.23. The molecule has 1 atom stereocenters. The molecule has 3 aliphatic heterocycles. The molecule has 8 nitrogen and oxygen atoms in total. The van der Waals surface area contributed by atoms with Crippen molar-refractivity contribution in [3.63, 3.8) is 0 Å². The zero-order valence-corrected chi connectivity index (χ0v) is 14.8. The number of rotatable bonds is 0. The molecule has 5 heterocycles. The van der Waals surface area contributed by atoms with Crippen molar-refractivity contribution in [2.45, 2.75) is 26.2 Å². The fraction of sp³-hybridized carbons (Fsp3) is 0.250. The molecular formula is C20H14N2O6. The van der Waals surface area contributed by atoms with Gasteiger partial charge in [0.2, 0.25) is 6.79 Å². The van der Waals surface area contributed by atoms with E-state index in [9.17, 15) is 14.7 Å². The summed E-state index contributed by atoms with van der Waals surface area (Å²) in [5.74, 6) is 0.623. The number of aliphatic hydroxyl groups is 1. The van der Waals surface area contributed by atoms with Crippen LogP contribution in [0.4, 0.5) is 0 Å². The number of nitrogens with zero attached hydrogens (tertiary/aromatic N) is 2. The molecule has 1 N–H and O–H groups in total. The first-order chi connectivity index (χ1) is 13.5. The Labute approximate surface area is 157 Å². The molecular weight excluding hydrogens is 364 g/mol. The number of fused-ring (bicyclic) bond motifs is 6. The van der Waals surface area contributed by atoms with Crippen molar-refractivity contribution in [2.24, 2.45) is 0 Å². The van der Waals surface area contributed by atoms with Crippen molar-refractivity contribution < 1.29 is 24.1 Å². The topological polar surface area (TPSA) is 99.9 Å². The van der Waals surface area contributed by atoms with Crippen LogP contribution in [0.2, 0.25) is 0 Å². The third kappa shape index (κ3) is 1.85. The van der Waals surface area contributed by atoms with Gasteiger partial charge in [0.15, 0.2) is 17.6 Å². The van der Waals surface area contributed by atoms with Gasteiger partial charge in [0.05, 0.1) is 29.0 Å². The highest BCUT2D eigenvalue weighted by atomic mass is 16.7. The summed E-state index contributed by atoms with van der Waals surface area (Å²) in [6.45, 7) is 2.38. The molecule has 2 aromatic heterocycles. The Hall–Kier alpha value is -3.39. The lowest BCUT2D eigenvalue weighted by Gasteiger charge is -2.21. The molecule has 28 heavy (non-hydrogen) atoms. The largest absolute Gasteiger partial charge is 0.458 e. The van der Waals surface area contributed by atoms with Gasteiger partial charge in [-0.2, -0.15) is 0 Å². The van der Waals surface area contributed by atoms with Gasteiger partial charge in [-0.3, -0.25) is 4.79 Å². The Bertz CT molecular complexity index is 1290. The highest BCUT2D eigenvalue weighted by Crippen LogP contribution is 2.42. The van der Waals surface area contributed by atoms with Crippen LogP contribution in [0.15, 0.2) is 23.0 Å². The van der Waals surface area contributed by atoms with Gasteiger partial charge in [-0.1, -0.05) is 0 Å². The molecule has 0 saturated carbocycles. The van der Waals surface area contributed by atoms with E-state index in [1.807, 2.05) is 19.1 Å². The summed E-state index contributed by atoms with van der Waals surface area (Å²) in [5.41, 5.74) is 4.16. The molecule has 0 fully saturated rings. The maximum absolute atomic E-state index is 12.9. The number of benzene rings is 1. The van der Waals surface area contributed by atoms with Gasteiger partial charge >= 0.3 is 5.97 Å². The first kappa shape index (κ1) is 15.6. The normalized spacial score (nSPS) is 18.6. The lowest BCUT2D eigenvalue weighted by molar-refractivity contribution is -0.157. The smallest absolute Gasteiger partial charge is 0.340 e. The van der Waals surface area contributed by atoms with Gasteiger partial charge in [-0.05, 0) is 19.1 Å². The Morgan fingerprint density at radius 3 is 2.89 bits per heavy atom. The van der Waals surface area contributed by atoms with E-state index in [1.54, 1.807) is 10.6 Å². The van der Waals surface area contributed by atoms with Crippen LogP contribution >= 0.6 is 0 Å². The minimum atomic E-state index is -1.46. The Balaban J connectivity index is 1.62. The number of pyridine rings is 2. The number of carbonyl (C=O) groups excluding carboxylic acids is 1. The van der Waals surface area contributed by atoms with Crippen molar-refractivity contribution in [3.8, 4) is 22.9 Å². The zero-order chi connectivity index (χ0) is 19.2. The van der Waals surface area contributed by atoms with E-state index in [0.29, 0.717) is 34.8 Å². The number of carbonyl (C=O) groups is 1. The minimum Gasteiger partial charge on any atom is -0.458 e. The standard InChI is InChI=1S/C20H14N2O6/c1-8-10-2-9-5-22-14(3-11-12(19(22)24)6-26-20(25)17(11)23)16(9)21-13(10)4-15-18(8)28-7-27-15/h2-4,17,23H,5-7H2,1H3. The molecule has 0 bridgehead atoms. The Morgan fingerprint density at radius 1 is 1.18 bits per heavy atom. The summed E-state index contributed by atoms with van der Waals surface area (Å²) in [6, 6.07) is 5.52. The van der Waals surface area contributed by atoms with E-state index in [4.69, 9.17) is 19.2 Å². The molecule has 0 amide bonds. The van der Waals surface area contributed by atoms with Crippen LogP contribution in [-0.2, 0) is 22.7 Å². The summed E-state index contributed by atoms with van der Waals surface area (Å²) >= 11 is 0. The molecule has 0 saturated heterocycles. The van der Waals surface area contributed by atoms with Crippen LogP contribution in [-0.4, -0.2) is 27.4 Å². The number of hydrogen-bond acceptors (Lipinski definition) is 7. The van der Waals surface area contributed by atoms with Gasteiger partial charge in [0, 0.05) is 28.1 Å². The van der Waals surface area contributed by atoms with Gasteiger partial charge in [0.1, 0.15) is 6.61 Å². The molecule has 1 unspecified atom stereocenters. The van der Waals surface area contributed by atoms with Gasteiger partial charge in [-0.15, -0.1) is 0 Å². The van der Waals surface area contributed by atoms with Crippen molar-refractivity contribution in [1.29, 1.82) is 0 Å². The maximum Gasteiger partial charge on any atom is 0.340 e. The van der Waals surface area contributed by atoms with E-state index in [-0.39, 0.29) is 19.0 Å². The molecule has 0 aliphatic carbocycles. The predicted molar refractivity (Wildman–Crippen MR) is 96.2 cm³/mol. The van der Waals surface area contributed by atoms with Gasteiger partial charge < -0.3 is 23.9 Å². The SMILES string of the molecule is Cc1c2c(cc3nc4c(cc13)Cn1c-4cc3c(c1=O)COC(=O)C3O)OCO2. The van der Waals surface area contributed by atoms with Gasteiger partial charge in [-0.25, -0.2) is 9.78 Å². The molecule has 1 aromatic carbocycles. The van der Waals surface area contributed by atoms with Crippen LogP contribution in [0.25, 0.3) is 22.3 Å². The van der Waals surface area contributed by atoms with Gasteiger partial charge in [0.25, 0.3) is 5.56 Å². The fourth-order valence-electron chi connectivity index (χ4n) is 4.23. The number of cyclic esters (lactones) is 1. The number of aromatic nitrogens is 2. The van der Waals surface area contributed by atoms with Crippen LogP contribution in [0.5, 0.6) is 11.5 Å². The molecule has 6 rings (SSSR count). The molecule has 3 aliphatic rings. The molecule has 140 valence electrons. The second kappa shape index (κ2) is 5.11. The van der Waals surface area contributed by atoms with Crippen molar-refractivity contribution >= 4 is 16.9 Å². The van der Waals surface area contributed by atoms with E-state index < -0.39 is 12.1 Å². The van der Waals surface area contributed by atoms with Crippen LogP contribution in [0.1, 0.15) is 28.4 Å². The molecule has 0 spiro atoms. The summed E-state index contributed by atoms with van der Waals surface area (Å²) < 4.78 is 17.6. The number of aryl methyl sites for hydroxylation is 1. The lowest BCUT2D eigenvalue weighted by Crippen LogP contribution is -2.32. The highest BCUT2D eigenvalue weighted by molar-refractivity contribution is 5.90. The van der Waals surface area contributed by atoms with Crippen molar-refractivity contribution in [3.05, 3.63) is 50.8 Å². The molecule has 0 radical (unpaired) electrons. The highest BCUT2D eigenvalue weighted by Gasteiger charge is 2.34. The van der Waals surface area contributed by atoms with E-state index in [2.05, 4.69) is 0 Å². The Morgan fingerprint density at radius 2 is 2.04 bits per heavy atom. The first-order valence-corrected chi connectivity index (χ1v) is 8.87. The van der Waals surface area contributed by atoms with E-state index >= 15 is 0 Å². The minimum absolute atomic E-state index is 0.128. The van der Waals surface area contributed by atoms with Crippen LogP contribution in [0, 0.1) is 6.92 Å². The maximum atomic E-state index is 12.9. The monoisotopic (exact) mass is 378 g/mol. The summed E-state index contributed by atoms with van der Waals surface area (Å²) in [4.78, 5) is 29.4. The second-order valence-electron chi connectivity index (χ2n) is 7.16. The third-order valence-electron chi connectivity index (χ3n) is 5.67. The number of aliphatic hydroxyl groups excluding tert-OH is 1. The molecule has 3 aromatic rings. The second-order valence-corrected chi connectivity index (χ2v) is 7.16. The molecule has 8 heteroatoms. The van der Waals surface area contributed by atoms with E-state index in [1.165, 1.54) is 0 Å². The third-order valence-corrected chi connectivity index (χ3v) is 5.67. The van der Waals surface area contributed by atoms with E-state index in [0.717, 1.165) is 27.8 Å². The number of esters is 1. The first-order valence-electron chi connectivity index (χ1n) is 8.87. The van der Waals surface area contributed by atoms with Crippen LogP contribution < -0.4 is 15.0 Å². The zero-order valence-electron chi connectivity index (χ0n) is 14.8. The number of ether oxygens (including phenoxy) is 3. The average Bonchev–Trinajstić information content (AvgIpc) is 3.29. The Kier molecular flexibility index (Phi) is 2.85. The average molecular weight is 378 g/mol. The lowest BCUT2D eigenvalue weighted by atomic mass is 10.00. The number of hydrogen-bond donors (Lipinski definition) is 1. The quantitative estimate of drug-likeness (QED) is 0.464. The van der Waals surface area contributed by atoms with Crippen LogP contribution in [0.3, 0.4) is 0 Å². The summed E-state index contributed by atoms with van der Waals surface area (Å²) in [5, 5.41) is 11.1. The summed E-state index contributed by atoms with van der Waals surface area (Å²) in [6.07, 6.45) is -1.46. The van der Waals surface area contributed by atoms with Crippen molar-refractivity contribution in [1.82, 2.24) is 9.55 Å².